The fraction of sp³-hybridized carbons (Fsp3) is 0.250. The van der Waals surface area contributed by atoms with E-state index in [0.29, 0.717) is 5.95 Å². The Morgan fingerprint density at radius 2 is 2.00 bits per heavy atom. The van der Waals surface area contributed by atoms with Crippen LogP contribution < -0.4 is 16.6 Å². The lowest BCUT2D eigenvalue weighted by molar-refractivity contribution is 0.985. The van der Waals surface area contributed by atoms with Crippen molar-refractivity contribution in [3.05, 3.63) is 41.9 Å². The molecule has 2 rings (SSSR count). The largest absolute Gasteiger partial charge is 0.370 e. The number of nitrogens with zero attached hydrogens (tertiary/aromatic N) is 3. The van der Waals surface area contributed by atoms with Gasteiger partial charge in [0.05, 0.1) is 0 Å². The van der Waals surface area contributed by atoms with Crippen molar-refractivity contribution < 1.29 is 0 Å². The lowest BCUT2D eigenvalue weighted by Crippen LogP contribution is -2.13. The van der Waals surface area contributed by atoms with Crippen LogP contribution in [0.3, 0.4) is 0 Å². The predicted molar refractivity (Wildman–Crippen MR) is 71.0 cm³/mol. The molecule has 0 aliphatic heterocycles. The molecule has 2 aromatic heterocycles. The van der Waals surface area contributed by atoms with Crippen LogP contribution in [0.5, 0.6) is 0 Å². The van der Waals surface area contributed by atoms with Gasteiger partial charge in [0.15, 0.2) is 0 Å². The number of hydrogen-bond donors (Lipinski definition) is 3. The molecule has 2 aromatic rings. The molecule has 18 heavy (non-hydrogen) atoms. The zero-order valence-electron chi connectivity index (χ0n) is 10.2. The quantitative estimate of drug-likeness (QED) is 0.539. The summed E-state index contributed by atoms with van der Waals surface area (Å²) in [4.78, 5) is 12.3. The Balaban J connectivity index is 1.92. The molecule has 0 fully saturated rings. The first-order valence-electron chi connectivity index (χ1n) is 5.73. The fourth-order valence-corrected chi connectivity index (χ4v) is 1.61. The first-order chi connectivity index (χ1) is 8.78. The summed E-state index contributed by atoms with van der Waals surface area (Å²) >= 11 is 0. The third kappa shape index (κ3) is 3.39. The van der Waals surface area contributed by atoms with Crippen molar-refractivity contribution in [3.63, 3.8) is 0 Å². The van der Waals surface area contributed by atoms with E-state index >= 15 is 0 Å². The van der Waals surface area contributed by atoms with E-state index in [1.807, 2.05) is 25.1 Å². The van der Waals surface area contributed by atoms with E-state index in [9.17, 15) is 0 Å². The van der Waals surface area contributed by atoms with Gasteiger partial charge in [-0.2, -0.15) is 4.98 Å². The highest BCUT2D eigenvalue weighted by molar-refractivity contribution is 5.41. The smallest absolute Gasteiger partial charge is 0.239 e. The molecule has 4 N–H and O–H groups in total. The van der Waals surface area contributed by atoms with E-state index in [1.165, 1.54) is 5.56 Å². The molecule has 0 unspecified atom stereocenters. The average Bonchev–Trinajstić information content (AvgIpc) is 2.39. The van der Waals surface area contributed by atoms with Gasteiger partial charge in [0.25, 0.3) is 0 Å². The zero-order chi connectivity index (χ0) is 12.8. The van der Waals surface area contributed by atoms with Crippen LogP contribution >= 0.6 is 0 Å². The van der Waals surface area contributed by atoms with Crippen LogP contribution in [0.2, 0.25) is 0 Å². The Morgan fingerprint density at radius 3 is 2.72 bits per heavy atom. The number of pyridine rings is 1. The van der Waals surface area contributed by atoms with Crippen LogP contribution in [0.1, 0.15) is 11.3 Å². The molecule has 0 radical (unpaired) electrons. The van der Waals surface area contributed by atoms with E-state index in [4.69, 9.17) is 5.84 Å². The summed E-state index contributed by atoms with van der Waals surface area (Å²) in [5.41, 5.74) is 4.55. The van der Waals surface area contributed by atoms with Crippen LogP contribution in [0, 0.1) is 6.92 Å². The zero-order valence-corrected chi connectivity index (χ0v) is 10.2. The normalized spacial score (nSPS) is 10.1. The topological polar surface area (TPSA) is 88.8 Å². The lowest BCUT2D eigenvalue weighted by Gasteiger charge is -2.08. The number of hydrogen-bond acceptors (Lipinski definition) is 6. The molecule has 6 heteroatoms. The van der Waals surface area contributed by atoms with Crippen molar-refractivity contribution in [1.29, 1.82) is 0 Å². The van der Waals surface area contributed by atoms with Crippen LogP contribution in [0.25, 0.3) is 0 Å². The first-order valence-corrected chi connectivity index (χ1v) is 5.73. The number of anilines is 2. The number of aryl methyl sites for hydroxylation is 1. The lowest BCUT2D eigenvalue weighted by atomic mass is 10.2. The first kappa shape index (κ1) is 12.3. The molecule has 6 nitrogen and oxygen atoms in total. The highest BCUT2D eigenvalue weighted by Crippen LogP contribution is 2.08. The molecule has 0 saturated carbocycles. The summed E-state index contributed by atoms with van der Waals surface area (Å²) in [6, 6.07) is 5.88. The molecule has 94 valence electrons. The van der Waals surface area contributed by atoms with Crippen LogP contribution in [0.4, 0.5) is 11.8 Å². The Labute approximate surface area is 106 Å². The Hall–Kier alpha value is -2.21. The van der Waals surface area contributed by atoms with Crippen molar-refractivity contribution >= 4 is 11.8 Å². The van der Waals surface area contributed by atoms with Gasteiger partial charge in [0, 0.05) is 30.7 Å². The van der Waals surface area contributed by atoms with Crippen molar-refractivity contribution in [1.82, 2.24) is 15.0 Å². The second kappa shape index (κ2) is 5.92. The van der Waals surface area contributed by atoms with Gasteiger partial charge in [0.1, 0.15) is 5.82 Å². The molecular weight excluding hydrogens is 228 g/mol. The fourth-order valence-electron chi connectivity index (χ4n) is 1.61. The van der Waals surface area contributed by atoms with E-state index in [-0.39, 0.29) is 0 Å². The van der Waals surface area contributed by atoms with E-state index in [2.05, 4.69) is 25.7 Å². The summed E-state index contributed by atoms with van der Waals surface area (Å²) < 4.78 is 0. The van der Waals surface area contributed by atoms with Crippen molar-refractivity contribution in [2.45, 2.75) is 13.3 Å². The second-order valence-electron chi connectivity index (χ2n) is 3.89. The third-order valence-corrected chi connectivity index (χ3v) is 2.45. The van der Waals surface area contributed by atoms with Gasteiger partial charge in [-0.25, -0.2) is 10.8 Å². The average molecular weight is 244 g/mol. The number of hydrazine groups is 1. The number of aromatic nitrogens is 3. The van der Waals surface area contributed by atoms with Crippen molar-refractivity contribution in [2.24, 2.45) is 5.84 Å². The minimum atomic E-state index is 0.418. The Morgan fingerprint density at radius 1 is 1.22 bits per heavy atom. The summed E-state index contributed by atoms with van der Waals surface area (Å²) in [6.07, 6.45) is 4.50. The van der Waals surface area contributed by atoms with Gasteiger partial charge < -0.3 is 5.32 Å². The summed E-state index contributed by atoms with van der Waals surface area (Å²) in [6.45, 7) is 2.70. The maximum absolute atomic E-state index is 5.30. The van der Waals surface area contributed by atoms with Gasteiger partial charge in [-0.3, -0.25) is 10.4 Å². The molecule has 0 saturated heterocycles. The highest BCUT2D eigenvalue weighted by Gasteiger charge is 2.00. The van der Waals surface area contributed by atoms with Crippen LogP contribution in [-0.2, 0) is 6.42 Å². The molecule has 0 amide bonds. The van der Waals surface area contributed by atoms with Gasteiger partial charge in [-0.1, -0.05) is 0 Å². The SMILES string of the molecule is Cc1cc(NCCc2ccncc2)nc(NN)n1. The molecule has 0 aliphatic rings. The summed E-state index contributed by atoms with van der Waals surface area (Å²) in [5, 5.41) is 3.24. The predicted octanol–water partition coefficient (Wildman–Crippen LogP) is 1.12. The van der Waals surface area contributed by atoms with Crippen molar-refractivity contribution in [2.75, 3.05) is 17.3 Å². The molecule has 0 aliphatic carbocycles. The summed E-state index contributed by atoms with van der Waals surface area (Å²) in [7, 11) is 0. The summed E-state index contributed by atoms with van der Waals surface area (Å²) in [5.74, 6) is 6.48. The van der Waals surface area contributed by atoms with Gasteiger partial charge in [-0.15, -0.1) is 0 Å². The van der Waals surface area contributed by atoms with E-state index < -0.39 is 0 Å². The number of rotatable bonds is 5. The molecule has 0 bridgehead atoms. The standard InChI is InChI=1S/C12H16N6/c1-9-8-11(17-12(16-9)18-13)15-7-4-10-2-5-14-6-3-10/h2-3,5-6,8H,4,7,13H2,1H3,(H2,15,16,17,18). The second-order valence-corrected chi connectivity index (χ2v) is 3.89. The van der Waals surface area contributed by atoms with Crippen LogP contribution in [-0.4, -0.2) is 21.5 Å². The molecule has 0 spiro atoms. The van der Waals surface area contributed by atoms with Crippen LogP contribution in [0.15, 0.2) is 30.6 Å². The van der Waals surface area contributed by atoms with E-state index in [1.54, 1.807) is 12.4 Å². The molecule has 2 heterocycles. The minimum Gasteiger partial charge on any atom is -0.370 e. The van der Waals surface area contributed by atoms with Gasteiger partial charge >= 0.3 is 0 Å². The van der Waals surface area contributed by atoms with Crippen molar-refractivity contribution in [3.8, 4) is 0 Å². The Bertz CT molecular complexity index is 499. The monoisotopic (exact) mass is 244 g/mol. The molecule has 0 atom stereocenters. The van der Waals surface area contributed by atoms with Gasteiger partial charge in [0.2, 0.25) is 5.95 Å². The van der Waals surface area contributed by atoms with E-state index in [0.717, 1.165) is 24.5 Å². The third-order valence-electron chi connectivity index (χ3n) is 2.45. The minimum absolute atomic E-state index is 0.418. The Kier molecular flexibility index (Phi) is 4.03. The number of nitrogens with one attached hydrogen (secondary N) is 2. The molecule has 0 aromatic carbocycles. The maximum atomic E-state index is 5.30. The molecular formula is C12H16N6. The highest BCUT2D eigenvalue weighted by atomic mass is 15.3. The van der Waals surface area contributed by atoms with Gasteiger partial charge in [-0.05, 0) is 31.0 Å². The number of nitrogen functional groups attached to an aromatic ring is 1. The maximum Gasteiger partial charge on any atom is 0.239 e. The number of nitrogens with two attached hydrogens (primary N) is 1.